The van der Waals surface area contributed by atoms with Crippen molar-refractivity contribution in [3.63, 3.8) is 0 Å². The van der Waals surface area contributed by atoms with Gasteiger partial charge in [0.1, 0.15) is 0 Å². The second-order valence-corrected chi connectivity index (χ2v) is 12.7. The van der Waals surface area contributed by atoms with Gasteiger partial charge in [-0.15, -0.1) is 0 Å². The van der Waals surface area contributed by atoms with Gasteiger partial charge in [-0.3, -0.25) is 0 Å². The summed E-state index contributed by atoms with van der Waals surface area (Å²) in [6.45, 7) is 16.9. The molecule has 0 unspecified atom stereocenters. The Balaban J connectivity index is 2.84. The van der Waals surface area contributed by atoms with Crippen LogP contribution in [0, 0.1) is 0 Å². The highest BCUT2D eigenvalue weighted by Crippen LogP contribution is 2.39. The maximum Gasteiger partial charge on any atom is 0.192 e. The Morgan fingerprint density at radius 1 is 1.35 bits per heavy atom. The van der Waals surface area contributed by atoms with E-state index in [1.165, 1.54) is 0 Å². The summed E-state index contributed by atoms with van der Waals surface area (Å²) in [7, 11) is -1.90. The molecule has 20 heavy (non-hydrogen) atoms. The van der Waals surface area contributed by atoms with E-state index in [-0.39, 0.29) is 11.1 Å². The average molecular weight is 302 g/mol. The first-order valence-electron chi connectivity index (χ1n) is 7.31. The van der Waals surface area contributed by atoms with Crippen LogP contribution in [0.15, 0.2) is 0 Å². The SMILES string of the molecule is C[C@H]1C[C@](C=O)(CO[Si](C)(C)C(C)(C)C)OC(C)(C)O1. The fourth-order valence-corrected chi connectivity index (χ4v) is 3.32. The van der Waals surface area contributed by atoms with E-state index < -0.39 is 19.7 Å². The summed E-state index contributed by atoms with van der Waals surface area (Å²) in [4.78, 5) is 11.6. The lowest BCUT2D eigenvalue weighted by Gasteiger charge is -2.46. The number of rotatable bonds is 4. The van der Waals surface area contributed by atoms with Gasteiger partial charge in [-0.2, -0.15) is 0 Å². The van der Waals surface area contributed by atoms with E-state index in [9.17, 15) is 4.79 Å². The molecule has 1 aliphatic rings. The van der Waals surface area contributed by atoms with Crippen LogP contribution in [-0.2, 0) is 18.7 Å². The molecule has 4 nitrogen and oxygen atoms in total. The Hall–Kier alpha value is -0.233. The summed E-state index contributed by atoms with van der Waals surface area (Å²) in [5.41, 5.74) is -0.892. The van der Waals surface area contributed by atoms with Crippen LogP contribution in [-0.4, -0.2) is 38.7 Å². The summed E-state index contributed by atoms with van der Waals surface area (Å²) in [6.07, 6.45) is 1.40. The summed E-state index contributed by atoms with van der Waals surface area (Å²) in [5, 5.41) is 0.114. The number of carbonyl (C=O) groups is 1. The van der Waals surface area contributed by atoms with E-state index in [0.29, 0.717) is 13.0 Å². The standard InChI is InChI=1S/C15H30O4Si/c1-12-9-15(10-16,19-14(5,6)18-12)11-17-20(7,8)13(2,3)4/h10,12H,9,11H2,1-8H3/t12-,15-/m0/s1. The molecule has 1 aliphatic heterocycles. The molecule has 0 amide bonds. The summed E-state index contributed by atoms with van der Waals surface area (Å²) < 4.78 is 17.8. The van der Waals surface area contributed by atoms with Gasteiger partial charge in [0.2, 0.25) is 0 Å². The van der Waals surface area contributed by atoms with Crippen molar-refractivity contribution in [2.45, 2.75) is 83.6 Å². The van der Waals surface area contributed by atoms with Gasteiger partial charge in [-0.1, -0.05) is 20.8 Å². The van der Waals surface area contributed by atoms with Crippen LogP contribution in [0.4, 0.5) is 0 Å². The molecule has 0 aromatic carbocycles. The summed E-state index contributed by atoms with van der Waals surface area (Å²) in [5.74, 6) is -0.755. The Kier molecular flexibility index (Phi) is 4.92. The van der Waals surface area contributed by atoms with Gasteiger partial charge in [0.25, 0.3) is 0 Å². The predicted molar refractivity (Wildman–Crippen MR) is 82.3 cm³/mol. The number of hydrogen-bond donors (Lipinski definition) is 0. The molecule has 0 radical (unpaired) electrons. The molecular weight excluding hydrogens is 272 g/mol. The first-order chi connectivity index (χ1) is 8.83. The zero-order valence-electron chi connectivity index (χ0n) is 14.2. The molecule has 0 N–H and O–H groups in total. The van der Waals surface area contributed by atoms with Gasteiger partial charge in [0.05, 0.1) is 12.7 Å². The first-order valence-corrected chi connectivity index (χ1v) is 10.2. The molecule has 0 saturated carbocycles. The third-order valence-electron chi connectivity index (χ3n) is 4.27. The van der Waals surface area contributed by atoms with E-state index in [1.807, 2.05) is 20.8 Å². The van der Waals surface area contributed by atoms with Crippen molar-refractivity contribution in [1.29, 1.82) is 0 Å². The summed E-state index contributed by atoms with van der Waals surface area (Å²) >= 11 is 0. The van der Waals surface area contributed by atoms with Crippen molar-refractivity contribution in [1.82, 2.24) is 0 Å². The van der Waals surface area contributed by atoms with Crippen LogP contribution in [0.1, 0.15) is 48.0 Å². The van der Waals surface area contributed by atoms with Crippen LogP contribution in [0.5, 0.6) is 0 Å². The Bertz CT molecular complexity index is 359. The third-order valence-corrected chi connectivity index (χ3v) is 8.74. The van der Waals surface area contributed by atoms with Crippen molar-refractivity contribution in [3.05, 3.63) is 0 Å². The zero-order valence-corrected chi connectivity index (χ0v) is 15.2. The Labute approximate surface area is 124 Å². The van der Waals surface area contributed by atoms with Crippen LogP contribution in [0.25, 0.3) is 0 Å². The molecule has 0 aliphatic carbocycles. The van der Waals surface area contributed by atoms with Gasteiger partial charge in [-0.25, -0.2) is 0 Å². The molecule has 1 heterocycles. The van der Waals surface area contributed by atoms with Gasteiger partial charge >= 0.3 is 0 Å². The molecule has 0 aromatic heterocycles. The number of ether oxygens (including phenoxy) is 2. The lowest BCUT2D eigenvalue weighted by Crippen LogP contribution is -2.57. The minimum atomic E-state index is -1.90. The molecule has 2 atom stereocenters. The molecular formula is C15H30O4Si. The van der Waals surface area contributed by atoms with Crippen molar-refractivity contribution in [3.8, 4) is 0 Å². The molecule has 0 spiro atoms. The maximum atomic E-state index is 11.6. The van der Waals surface area contributed by atoms with Gasteiger partial charge in [0.15, 0.2) is 26.0 Å². The molecule has 1 rings (SSSR count). The minimum Gasteiger partial charge on any atom is -0.413 e. The van der Waals surface area contributed by atoms with Crippen LogP contribution in [0.2, 0.25) is 18.1 Å². The molecule has 5 heteroatoms. The van der Waals surface area contributed by atoms with Gasteiger partial charge in [-0.05, 0) is 38.9 Å². The minimum absolute atomic E-state index is 0.0213. The lowest BCUT2D eigenvalue weighted by molar-refractivity contribution is -0.322. The second kappa shape index (κ2) is 5.52. The first kappa shape index (κ1) is 17.8. The number of hydrogen-bond acceptors (Lipinski definition) is 4. The lowest BCUT2D eigenvalue weighted by atomic mass is 9.96. The highest BCUT2D eigenvalue weighted by Gasteiger charge is 2.47. The predicted octanol–water partition coefficient (Wildman–Crippen LogP) is 3.51. The van der Waals surface area contributed by atoms with Gasteiger partial charge in [0, 0.05) is 6.42 Å². The molecule has 1 saturated heterocycles. The maximum absolute atomic E-state index is 11.6. The largest absolute Gasteiger partial charge is 0.413 e. The zero-order chi connectivity index (χ0) is 15.8. The highest BCUT2D eigenvalue weighted by atomic mass is 28.4. The average Bonchev–Trinajstić information content (AvgIpc) is 2.22. The van der Waals surface area contributed by atoms with Crippen molar-refractivity contribution >= 4 is 14.6 Å². The van der Waals surface area contributed by atoms with E-state index in [2.05, 4.69) is 33.9 Å². The van der Waals surface area contributed by atoms with Crippen molar-refractivity contribution in [2.24, 2.45) is 0 Å². The van der Waals surface area contributed by atoms with Crippen molar-refractivity contribution < 1.29 is 18.7 Å². The van der Waals surface area contributed by atoms with E-state index in [4.69, 9.17) is 13.9 Å². The van der Waals surface area contributed by atoms with Crippen LogP contribution in [0.3, 0.4) is 0 Å². The van der Waals surface area contributed by atoms with Gasteiger partial charge < -0.3 is 18.7 Å². The summed E-state index contributed by atoms with van der Waals surface area (Å²) in [6, 6.07) is 0. The third kappa shape index (κ3) is 4.13. The fraction of sp³-hybridized carbons (Fsp3) is 0.933. The fourth-order valence-electron chi connectivity index (χ4n) is 2.28. The Morgan fingerprint density at radius 3 is 2.30 bits per heavy atom. The van der Waals surface area contributed by atoms with E-state index >= 15 is 0 Å². The number of carbonyl (C=O) groups excluding carboxylic acids is 1. The molecule has 0 aromatic rings. The Morgan fingerprint density at radius 2 is 1.90 bits per heavy atom. The molecule has 1 fully saturated rings. The van der Waals surface area contributed by atoms with E-state index in [0.717, 1.165) is 6.29 Å². The van der Waals surface area contributed by atoms with E-state index in [1.54, 1.807) is 0 Å². The van der Waals surface area contributed by atoms with Crippen LogP contribution >= 0.6 is 0 Å². The molecule has 118 valence electrons. The quantitative estimate of drug-likeness (QED) is 0.589. The smallest absolute Gasteiger partial charge is 0.192 e. The van der Waals surface area contributed by atoms with Crippen LogP contribution < -0.4 is 0 Å². The number of aldehydes is 1. The normalized spacial score (nSPS) is 31.1. The topological polar surface area (TPSA) is 44.8 Å². The monoisotopic (exact) mass is 302 g/mol. The van der Waals surface area contributed by atoms with Crippen molar-refractivity contribution in [2.75, 3.05) is 6.61 Å². The molecule has 0 bridgehead atoms. The second-order valence-electron chi connectivity index (χ2n) is 7.87. The highest BCUT2D eigenvalue weighted by molar-refractivity contribution is 6.74.